The molecule has 1 amide bonds. The summed E-state index contributed by atoms with van der Waals surface area (Å²) < 4.78 is 1.62. The Bertz CT molecular complexity index is 849. The minimum Gasteiger partial charge on any atom is -0.384 e. The van der Waals surface area contributed by atoms with Crippen LogP contribution in [0.3, 0.4) is 0 Å². The molecule has 4 N–H and O–H groups in total. The predicted molar refractivity (Wildman–Crippen MR) is 98.8 cm³/mol. The molecule has 0 aliphatic heterocycles. The van der Waals surface area contributed by atoms with Crippen LogP contribution in [0.15, 0.2) is 24.3 Å². The lowest BCUT2D eigenvalue weighted by atomic mass is 10.2. The number of nitrogens with two attached hydrogens (primary N) is 2. The van der Waals surface area contributed by atoms with Gasteiger partial charge in [-0.25, -0.2) is 9.97 Å². The summed E-state index contributed by atoms with van der Waals surface area (Å²) in [7, 11) is 1.73. The molecule has 0 spiro atoms. The molecular weight excluding hydrogens is 302 g/mol. The van der Waals surface area contributed by atoms with Crippen LogP contribution < -0.4 is 11.5 Å². The monoisotopic (exact) mass is 327 g/mol. The van der Waals surface area contributed by atoms with E-state index in [-0.39, 0.29) is 11.4 Å². The number of nitrogen functional groups attached to an aromatic ring is 1. The third-order valence-electron chi connectivity index (χ3n) is 3.93. The Morgan fingerprint density at radius 2 is 1.62 bits per heavy atom. The Morgan fingerprint density at radius 3 is 2.12 bits per heavy atom. The van der Waals surface area contributed by atoms with E-state index in [2.05, 4.69) is 23.8 Å². The number of hydrogen-bond donors (Lipinski definition) is 2. The van der Waals surface area contributed by atoms with Gasteiger partial charge in [0.2, 0.25) is 0 Å². The molecule has 128 valence electrons. The van der Waals surface area contributed by atoms with Gasteiger partial charge in [-0.3, -0.25) is 4.79 Å². The van der Waals surface area contributed by atoms with Crippen molar-refractivity contribution in [2.75, 3.05) is 5.73 Å². The largest absolute Gasteiger partial charge is 0.384 e. The first kappa shape index (κ1) is 17.7. The minimum atomic E-state index is -0.595. The second-order valence-electron chi connectivity index (χ2n) is 5.78. The van der Waals surface area contributed by atoms with Crippen molar-refractivity contribution in [1.82, 2.24) is 14.5 Å². The highest BCUT2D eigenvalue weighted by molar-refractivity contribution is 6.09. The van der Waals surface area contributed by atoms with Gasteiger partial charge in [0.15, 0.2) is 5.65 Å². The number of fused-ring (bicyclic) bond motifs is 2. The van der Waals surface area contributed by atoms with Crippen LogP contribution in [0, 0.1) is 0 Å². The highest BCUT2D eigenvalue weighted by Gasteiger charge is 2.20. The topological polar surface area (TPSA) is 99.8 Å². The molecule has 6 nitrogen and oxygen atoms in total. The lowest BCUT2D eigenvalue weighted by Crippen LogP contribution is -2.13. The van der Waals surface area contributed by atoms with E-state index in [1.807, 2.05) is 24.3 Å². The van der Waals surface area contributed by atoms with E-state index in [0.29, 0.717) is 16.7 Å². The van der Waals surface area contributed by atoms with Gasteiger partial charge in [0.1, 0.15) is 16.9 Å². The van der Waals surface area contributed by atoms with Crippen molar-refractivity contribution in [1.29, 1.82) is 0 Å². The average molecular weight is 327 g/mol. The second-order valence-corrected chi connectivity index (χ2v) is 5.78. The van der Waals surface area contributed by atoms with E-state index in [1.54, 1.807) is 11.6 Å². The van der Waals surface area contributed by atoms with E-state index in [9.17, 15) is 4.79 Å². The van der Waals surface area contributed by atoms with Crippen LogP contribution in [0.25, 0.3) is 22.2 Å². The van der Waals surface area contributed by atoms with E-state index in [1.165, 1.54) is 25.7 Å². The first-order valence-corrected chi connectivity index (χ1v) is 8.31. The molecule has 0 saturated carbocycles. The van der Waals surface area contributed by atoms with E-state index < -0.39 is 5.91 Å². The van der Waals surface area contributed by atoms with Crippen LogP contribution in [0.5, 0.6) is 0 Å². The number of hydrogen-bond acceptors (Lipinski definition) is 4. The normalized spacial score (nSPS) is 10.6. The van der Waals surface area contributed by atoms with Crippen LogP contribution in [-0.4, -0.2) is 20.4 Å². The number of unbranched alkanes of at least 4 members (excludes halogenated alkanes) is 3. The average Bonchev–Trinajstić information content (AvgIpc) is 2.82. The first-order chi connectivity index (χ1) is 11.5. The molecule has 2 heterocycles. The number of rotatable bonds is 4. The van der Waals surface area contributed by atoms with E-state index in [4.69, 9.17) is 11.5 Å². The molecule has 2 aromatic heterocycles. The van der Waals surface area contributed by atoms with Crippen LogP contribution >= 0.6 is 0 Å². The molecule has 3 aromatic rings. The number of benzene rings is 1. The molecule has 0 saturated heterocycles. The van der Waals surface area contributed by atoms with Gasteiger partial charge in [0.05, 0.1) is 11.0 Å². The van der Waals surface area contributed by atoms with Gasteiger partial charge in [-0.05, 0) is 12.1 Å². The summed E-state index contributed by atoms with van der Waals surface area (Å²) in [5.41, 5.74) is 13.9. The van der Waals surface area contributed by atoms with Gasteiger partial charge >= 0.3 is 0 Å². The summed E-state index contributed by atoms with van der Waals surface area (Å²) in [5.74, 6) is -0.310. The maximum Gasteiger partial charge on any atom is 0.254 e. The number of amides is 1. The fourth-order valence-corrected chi connectivity index (χ4v) is 2.54. The lowest BCUT2D eigenvalue weighted by molar-refractivity contribution is 0.100. The molecule has 6 heteroatoms. The number of carbonyl (C=O) groups is 1. The Morgan fingerprint density at radius 1 is 1.08 bits per heavy atom. The highest BCUT2D eigenvalue weighted by atomic mass is 16.1. The van der Waals surface area contributed by atoms with Crippen LogP contribution in [-0.2, 0) is 7.05 Å². The summed E-state index contributed by atoms with van der Waals surface area (Å²) in [5, 5.41) is 0. The number of primary amides is 1. The van der Waals surface area contributed by atoms with Gasteiger partial charge in [-0.2, -0.15) is 0 Å². The molecule has 0 radical (unpaired) electrons. The van der Waals surface area contributed by atoms with E-state index in [0.717, 1.165) is 5.52 Å². The summed E-state index contributed by atoms with van der Waals surface area (Å²) in [6.07, 6.45) is 5.54. The Kier molecular flexibility index (Phi) is 5.73. The van der Waals surface area contributed by atoms with Gasteiger partial charge in [0.25, 0.3) is 5.91 Å². The van der Waals surface area contributed by atoms with Gasteiger partial charge in [0, 0.05) is 7.05 Å². The number of aromatic nitrogens is 3. The second kappa shape index (κ2) is 7.77. The standard InChI is InChI=1S/C12H11N5O.C6H14/c1-17-10(13)8(11(14)18)9-12(17)16-7-5-3-2-4-6(7)15-9;1-3-5-6-4-2/h2-5H,13H2,1H3,(H2,14,18);3-6H2,1-2H3. The summed E-state index contributed by atoms with van der Waals surface area (Å²) in [6.45, 7) is 4.46. The van der Waals surface area contributed by atoms with Crippen molar-refractivity contribution < 1.29 is 4.79 Å². The zero-order valence-electron chi connectivity index (χ0n) is 14.5. The van der Waals surface area contributed by atoms with Crippen molar-refractivity contribution in [3.05, 3.63) is 29.8 Å². The SMILES string of the molecule is CCCCCC.Cn1c(N)c(C(N)=O)c2nc3ccccc3nc21. The number of carbonyl (C=O) groups excluding carboxylic acids is 1. The lowest BCUT2D eigenvalue weighted by Gasteiger charge is -1.98. The molecule has 0 aliphatic carbocycles. The Balaban J connectivity index is 0.000000301. The molecule has 24 heavy (non-hydrogen) atoms. The van der Waals surface area contributed by atoms with Gasteiger partial charge in [-0.1, -0.05) is 51.7 Å². The maximum atomic E-state index is 11.4. The number of para-hydroxylation sites is 2. The summed E-state index contributed by atoms with van der Waals surface area (Å²) >= 11 is 0. The number of anilines is 1. The number of aryl methyl sites for hydroxylation is 1. The Labute approximate surface area is 141 Å². The fourth-order valence-electron chi connectivity index (χ4n) is 2.54. The summed E-state index contributed by atoms with van der Waals surface area (Å²) in [4.78, 5) is 20.3. The van der Waals surface area contributed by atoms with Gasteiger partial charge < -0.3 is 16.0 Å². The molecule has 0 bridgehead atoms. The van der Waals surface area contributed by atoms with Crippen molar-refractivity contribution in [2.24, 2.45) is 12.8 Å². The smallest absolute Gasteiger partial charge is 0.254 e. The van der Waals surface area contributed by atoms with Crippen LogP contribution in [0.4, 0.5) is 5.82 Å². The molecule has 0 unspecified atom stereocenters. The molecule has 1 aromatic carbocycles. The molecule has 0 aliphatic rings. The predicted octanol–water partition coefficient (Wildman–Crippen LogP) is 3.39. The maximum absolute atomic E-state index is 11.4. The van der Waals surface area contributed by atoms with Crippen LogP contribution in [0.2, 0.25) is 0 Å². The molecular formula is C18H25N5O. The zero-order chi connectivity index (χ0) is 17.7. The quantitative estimate of drug-likeness (QED) is 0.717. The van der Waals surface area contributed by atoms with Crippen molar-refractivity contribution in [2.45, 2.75) is 39.5 Å². The third kappa shape index (κ3) is 3.48. The zero-order valence-corrected chi connectivity index (χ0v) is 14.5. The van der Waals surface area contributed by atoms with Crippen molar-refractivity contribution >= 4 is 33.9 Å². The van der Waals surface area contributed by atoms with Crippen LogP contribution in [0.1, 0.15) is 49.9 Å². The third-order valence-corrected chi connectivity index (χ3v) is 3.93. The van der Waals surface area contributed by atoms with E-state index >= 15 is 0 Å². The van der Waals surface area contributed by atoms with Crippen molar-refractivity contribution in [3.63, 3.8) is 0 Å². The van der Waals surface area contributed by atoms with Gasteiger partial charge in [-0.15, -0.1) is 0 Å². The fraction of sp³-hybridized carbons (Fsp3) is 0.389. The molecule has 0 fully saturated rings. The molecule has 3 rings (SSSR count). The molecule has 0 atom stereocenters. The minimum absolute atomic E-state index is 0.228. The summed E-state index contributed by atoms with van der Waals surface area (Å²) in [6, 6.07) is 7.42. The number of nitrogens with zero attached hydrogens (tertiary/aromatic N) is 3. The Hall–Kier alpha value is -2.63. The highest BCUT2D eigenvalue weighted by Crippen LogP contribution is 2.25. The van der Waals surface area contributed by atoms with Crippen molar-refractivity contribution in [3.8, 4) is 0 Å². The first-order valence-electron chi connectivity index (χ1n) is 8.31.